The summed E-state index contributed by atoms with van der Waals surface area (Å²) in [7, 11) is 0. The number of nitrogens with one attached hydrogen (secondary N) is 1. The first-order chi connectivity index (χ1) is 13.2. The minimum atomic E-state index is -0.311. The number of furan rings is 2. The van der Waals surface area contributed by atoms with Gasteiger partial charge in [0.15, 0.2) is 5.76 Å². The van der Waals surface area contributed by atoms with E-state index in [9.17, 15) is 9.18 Å². The highest BCUT2D eigenvalue weighted by Gasteiger charge is 2.26. The van der Waals surface area contributed by atoms with Gasteiger partial charge in [-0.25, -0.2) is 4.39 Å². The summed E-state index contributed by atoms with van der Waals surface area (Å²) in [5.41, 5.74) is 0.723. The second-order valence-corrected chi connectivity index (χ2v) is 6.66. The van der Waals surface area contributed by atoms with Crippen molar-refractivity contribution in [3.8, 4) is 11.3 Å². The topological polar surface area (TPSA) is 58.6 Å². The molecule has 4 rings (SSSR count). The summed E-state index contributed by atoms with van der Waals surface area (Å²) in [6.45, 7) is 2.44. The van der Waals surface area contributed by atoms with E-state index in [0.29, 0.717) is 12.3 Å². The van der Waals surface area contributed by atoms with Gasteiger partial charge in [0.05, 0.1) is 12.3 Å². The van der Waals surface area contributed by atoms with E-state index in [0.717, 1.165) is 37.3 Å². The molecule has 0 aliphatic carbocycles. The van der Waals surface area contributed by atoms with E-state index in [1.807, 2.05) is 12.1 Å². The number of rotatable bonds is 6. The van der Waals surface area contributed by atoms with Crippen LogP contribution in [0.15, 0.2) is 63.6 Å². The molecular weight excluding hydrogens is 347 g/mol. The van der Waals surface area contributed by atoms with Gasteiger partial charge in [0.25, 0.3) is 5.91 Å². The molecule has 0 radical (unpaired) electrons. The highest BCUT2D eigenvalue weighted by Crippen LogP contribution is 2.26. The maximum atomic E-state index is 13.1. The maximum Gasteiger partial charge on any atom is 0.287 e. The molecule has 1 N–H and O–H groups in total. The zero-order chi connectivity index (χ0) is 18.6. The van der Waals surface area contributed by atoms with E-state index >= 15 is 0 Å². The van der Waals surface area contributed by atoms with E-state index < -0.39 is 0 Å². The zero-order valence-electron chi connectivity index (χ0n) is 14.9. The van der Waals surface area contributed by atoms with Crippen molar-refractivity contribution in [1.29, 1.82) is 0 Å². The third-order valence-electron chi connectivity index (χ3n) is 4.87. The Morgan fingerprint density at radius 2 is 1.89 bits per heavy atom. The molecule has 0 saturated carbocycles. The number of amides is 1. The van der Waals surface area contributed by atoms with Crippen LogP contribution < -0.4 is 5.32 Å². The van der Waals surface area contributed by atoms with Gasteiger partial charge in [-0.1, -0.05) is 0 Å². The van der Waals surface area contributed by atoms with Crippen molar-refractivity contribution < 1.29 is 18.0 Å². The van der Waals surface area contributed by atoms with Crippen LogP contribution in [-0.4, -0.2) is 30.4 Å². The number of hydrogen-bond acceptors (Lipinski definition) is 4. The minimum absolute atomic E-state index is 0.0120. The van der Waals surface area contributed by atoms with Gasteiger partial charge in [-0.15, -0.1) is 0 Å². The second kappa shape index (κ2) is 7.80. The molecule has 1 aromatic carbocycles. The Morgan fingerprint density at radius 1 is 1.11 bits per heavy atom. The molecule has 0 spiro atoms. The molecule has 1 aliphatic rings. The van der Waals surface area contributed by atoms with Gasteiger partial charge < -0.3 is 14.2 Å². The van der Waals surface area contributed by atoms with Gasteiger partial charge in [-0.05, 0) is 74.5 Å². The zero-order valence-corrected chi connectivity index (χ0v) is 14.9. The van der Waals surface area contributed by atoms with E-state index in [-0.39, 0.29) is 23.5 Å². The third kappa shape index (κ3) is 3.95. The van der Waals surface area contributed by atoms with Crippen LogP contribution in [0.1, 0.15) is 35.2 Å². The molecule has 5 nitrogen and oxygen atoms in total. The smallest absolute Gasteiger partial charge is 0.287 e. The SMILES string of the molecule is O=C(NC[C@@H](c1ccco1)N1CCCC1)c1ccc(-c2ccc(F)cc2)o1. The predicted octanol–water partition coefficient (Wildman–Crippen LogP) is 4.25. The van der Waals surface area contributed by atoms with Crippen LogP contribution in [0.2, 0.25) is 0 Å². The molecule has 1 amide bonds. The van der Waals surface area contributed by atoms with Gasteiger partial charge in [0.1, 0.15) is 17.3 Å². The first-order valence-electron chi connectivity index (χ1n) is 9.12. The number of carbonyl (C=O) groups excluding carboxylic acids is 1. The molecule has 6 heteroatoms. The van der Waals surface area contributed by atoms with Crippen LogP contribution in [0.5, 0.6) is 0 Å². The lowest BCUT2D eigenvalue weighted by Crippen LogP contribution is -2.36. The quantitative estimate of drug-likeness (QED) is 0.707. The summed E-state index contributed by atoms with van der Waals surface area (Å²) >= 11 is 0. The van der Waals surface area contributed by atoms with Crippen molar-refractivity contribution in [2.75, 3.05) is 19.6 Å². The molecule has 1 atom stereocenters. The number of benzene rings is 1. The van der Waals surface area contributed by atoms with Crippen molar-refractivity contribution >= 4 is 5.91 Å². The van der Waals surface area contributed by atoms with Gasteiger partial charge in [-0.2, -0.15) is 0 Å². The lowest BCUT2D eigenvalue weighted by atomic mass is 10.2. The molecule has 0 bridgehead atoms. The van der Waals surface area contributed by atoms with E-state index in [4.69, 9.17) is 8.83 Å². The second-order valence-electron chi connectivity index (χ2n) is 6.66. The van der Waals surface area contributed by atoms with Crippen LogP contribution in [0.4, 0.5) is 4.39 Å². The van der Waals surface area contributed by atoms with Gasteiger partial charge in [-0.3, -0.25) is 9.69 Å². The van der Waals surface area contributed by atoms with Crippen LogP contribution in [-0.2, 0) is 0 Å². The summed E-state index contributed by atoms with van der Waals surface area (Å²) in [5.74, 6) is 1.02. The fourth-order valence-electron chi connectivity index (χ4n) is 3.45. The Morgan fingerprint density at radius 3 is 2.59 bits per heavy atom. The summed E-state index contributed by atoms with van der Waals surface area (Å²) in [6.07, 6.45) is 3.97. The lowest BCUT2D eigenvalue weighted by molar-refractivity contribution is 0.0907. The molecule has 27 heavy (non-hydrogen) atoms. The van der Waals surface area contributed by atoms with Crippen molar-refractivity contribution in [3.63, 3.8) is 0 Å². The van der Waals surface area contributed by atoms with Crippen LogP contribution >= 0.6 is 0 Å². The first-order valence-corrected chi connectivity index (χ1v) is 9.12. The number of likely N-dealkylation sites (tertiary alicyclic amines) is 1. The molecule has 3 aromatic rings. The Kier molecular flexibility index (Phi) is 5.07. The summed E-state index contributed by atoms with van der Waals surface area (Å²) in [5, 5.41) is 2.94. The highest BCUT2D eigenvalue weighted by molar-refractivity contribution is 5.92. The molecule has 0 unspecified atom stereocenters. The summed E-state index contributed by atoms with van der Waals surface area (Å²) < 4.78 is 24.3. The number of halogens is 1. The van der Waals surface area contributed by atoms with Crippen molar-refractivity contribution in [1.82, 2.24) is 10.2 Å². The van der Waals surface area contributed by atoms with Crippen LogP contribution in [0.3, 0.4) is 0 Å². The average Bonchev–Trinajstić information content (AvgIpc) is 3.44. The lowest BCUT2D eigenvalue weighted by Gasteiger charge is -2.25. The number of carbonyl (C=O) groups is 1. The number of hydrogen-bond donors (Lipinski definition) is 1. The number of nitrogens with zero attached hydrogens (tertiary/aromatic N) is 1. The van der Waals surface area contributed by atoms with Gasteiger partial charge in [0.2, 0.25) is 0 Å². The van der Waals surface area contributed by atoms with Crippen LogP contribution in [0, 0.1) is 5.82 Å². The average molecular weight is 368 g/mol. The molecule has 1 fully saturated rings. The predicted molar refractivity (Wildman–Crippen MR) is 98.7 cm³/mol. The van der Waals surface area contributed by atoms with Crippen molar-refractivity contribution in [2.24, 2.45) is 0 Å². The van der Waals surface area contributed by atoms with Crippen molar-refractivity contribution in [3.05, 3.63) is 72.1 Å². The van der Waals surface area contributed by atoms with E-state index in [1.165, 1.54) is 12.1 Å². The fraction of sp³-hybridized carbons (Fsp3) is 0.286. The van der Waals surface area contributed by atoms with Gasteiger partial charge >= 0.3 is 0 Å². The fourth-order valence-corrected chi connectivity index (χ4v) is 3.45. The van der Waals surface area contributed by atoms with Crippen LogP contribution in [0.25, 0.3) is 11.3 Å². The standard InChI is InChI=1S/C21H21FN2O3/c22-16-7-5-15(6-8-16)18-9-10-20(27-18)21(25)23-14-17(19-4-3-13-26-19)24-11-1-2-12-24/h3-10,13,17H,1-2,11-12,14H2,(H,23,25)/t17-/m0/s1. The van der Waals surface area contributed by atoms with Gasteiger partial charge in [0, 0.05) is 12.1 Å². The molecule has 3 heterocycles. The molecular formula is C21H21FN2O3. The molecule has 1 saturated heterocycles. The third-order valence-corrected chi connectivity index (χ3v) is 4.87. The monoisotopic (exact) mass is 368 g/mol. The molecule has 140 valence electrons. The Bertz CT molecular complexity index is 881. The molecule has 1 aliphatic heterocycles. The Hall–Kier alpha value is -2.86. The maximum absolute atomic E-state index is 13.1. The largest absolute Gasteiger partial charge is 0.468 e. The van der Waals surface area contributed by atoms with Crippen molar-refractivity contribution in [2.45, 2.75) is 18.9 Å². The van der Waals surface area contributed by atoms with E-state index in [1.54, 1.807) is 30.5 Å². The Labute approximate surface area is 156 Å². The minimum Gasteiger partial charge on any atom is -0.468 e. The summed E-state index contributed by atoms with van der Waals surface area (Å²) in [6, 6.07) is 13.1. The molecule has 2 aromatic heterocycles. The summed E-state index contributed by atoms with van der Waals surface area (Å²) in [4.78, 5) is 14.8. The Balaban J connectivity index is 1.43. The highest BCUT2D eigenvalue weighted by atomic mass is 19.1. The normalized spacial score (nSPS) is 15.7. The first kappa shape index (κ1) is 17.5. The van der Waals surface area contributed by atoms with E-state index in [2.05, 4.69) is 10.2 Å².